The summed E-state index contributed by atoms with van der Waals surface area (Å²) in [6.45, 7) is 0.603. The van der Waals surface area contributed by atoms with E-state index < -0.39 is 0 Å². The number of amides is 1. The molecule has 3 nitrogen and oxygen atoms in total. The molecule has 1 saturated carbocycles. The highest BCUT2D eigenvalue weighted by Crippen LogP contribution is 2.49. The van der Waals surface area contributed by atoms with E-state index in [9.17, 15) is 4.79 Å². The summed E-state index contributed by atoms with van der Waals surface area (Å²) in [5.74, 6) is 0.955. The lowest BCUT2D eigenvalue weighted by molar-refractivity contribution is -0.122. The monoisotopic (exact) mass is 242 g/mol. The summed E-state index contributed by atoms with van der Waals surface area (Å²) in [4.78, 5) is 16.6. The number of aromatic nitrogens is 1. The highest BCUT2D eigenvalue weighted by atomic mass is 32.1. The zero-order chi connectivity index (χ0) is 10.7. The highest BCUT2D eigenvalue weighted by molar-refractivity contribution is 7.80. The number of nitrogens with one attached hydrogen (secondary N) is 1. The van der Waals surface area contributed by atoms with Crippen molar-refractivity contribution in [2.24, 2.45) is 5.41 Å². The van der Waals surface area contributed by atoms with Crippen molar-refractivity contribution in [2.45, 2.75) is 25.8 Å². The van der Waals surface area contributed by atoms with Gasteiger partial charge in [0.2, 0.25) is 5.91 Å². The molecule has 1 aromatic heterocycles. The van der Waals surface area contributed by atoms with E-state index in [0.717, 1.165) is 23.5 Å². The first-order chi connectivity index (χ1) is 7.24. The molecule has 1 fully saturated rings. The molecule has 0 atom stereocenters. The van der Waals surface area contributed by atoms with Gasteiger partial charge in [0, 0.05) is 17.5 Å². The summed E-state index contributed by atoms with van der Waals surface area (Å²) in [5, 5.41) is 2.91. The van der Waals surface area contributed by atoms with Crippen molar-refractivity contribution in [2.75, 3.05) is 5.75 Å². The van der Waals surface area contributed by atoms with Crippen LogP contribution in [0.5, 0.6) is 0 Å². The Kier molecular flexibility index (Phi) is 3.31. The van der Waals surface area contributed by atoms with Crippen LogP contribution < -0.4 is 5.32 Å². The van der Waals surface area contributed by atoms with Crippen LogP contribution in [0.25, 0.3) is 0 Å². The maximum atomic E-state index is 11.6. The second-order valence-corrected chi connectivity index (χ2v) is 5.37. The Labute approximate surface area is 98.7 Å². The van der Waals surface area contributed by atoms with E-state index in [-0.39, 0.29) is 11.3 Å². The molecular formula is C10H14N2OS2. The number of thiazole rings is 1. The van der Waals surface area contributed by atoms with E-state index >= 15 is 0 Å². The smallest absolute Gasteiger partial charge is 0.220 e. The predicted molar refractivity (Wildman–Crippen MR) is 64.1 cm³/mol. The fourth-order valence-electron chi connectivity index (χ4n) is 1.49. The van der Waals surface area contributed by atoms with Gasteiger partial charge >= 0.3 is 0 Å². The molecule has 0 unspecified atom stereocenters. The first kappa shape index (κ1) is 11.0. The van der Waals surface area contributed by atoms with Crippen LogP contribution in [0.15, 0.2) is 11.7 Å². The van der Waals surface area contributed by atoms with Crippen LogP contribution in [-0.4, -0.2) is 16.6 Å². The van der Waals surface area contributed by atoms with Gasteiger partial charge in [-0.15, -0.1) is 11.3 Å². The van der Waals surface area contributed by atoms with Gasteiger partial charge in [-0.05, 0) is 24.0 Å². The molecule has 82 valence electrons. The number of rotatable bonds is 5. The van der Waals surface area contributed by atoms with Crippen LogP contribution in [0.2, 0.25) is 0 Å². The molecule has 1 amide bonds. The van der Waals surface area contributed by atoms with Gasteiger partial charge in [0.15, 0.2) is 0 Å². The minimum atomic E-state index is 0.134. The Morgan fingerprint density at radius 3 is 3.00 bits per heavy atom. The van der Waals surface area contributed by atoms with Crippen molar-refractivity contribution in [3.63, 3.8) is 0 Å². The molecular weight excluding hydrogens is 228 g/mol. The van der Waals surface area contributed by atoms with E-state index in [1.807, 2.05) is 0 Å². The average Bonchev–Trinajstić information content (AvgIpc) is 2.80. The third kappa shape index (κ3) is 2.95. The molecule has 15 heavy (non-hydrogen) atoms. The molecule has 1 aromatic rings. The fraction of sp³-hybridized carbons (Fsp3) is 0.600. The summed E-state index contributed by atoms with van der Waals surface area (Å²) < 4.78 is 0. The zero-order valence-corrected chi connectivity index (χ0v) is 10.1. The Morgan fingerprint density at radius 2 is 2.47 bits per heavy atom. The van der Waals surface area contributed by atoms with Crippen molar-refractivity contribution in [1.82, 2.24) is 10.3 Å². The number of nitrogens with zero attached hydrogens (tertiary/aromatic N) is 1. The first-order valence-electron chi connectivity index (χ1n) is 4.99. The largest absolute Gasteiger partial charge is 0.351 e. The summed E-state index contributed by atoms with van der Waals surface area (Å²) in [5.41, 5.74) is 1.98. The lowest BCUT2D eigenvalue weighted by atomic mass is 10.1. The van der Waals surface area contributed by atoms with Crippen LogP contribution in [0.4, 0.5) is 0 Å². The third-order valence-electron chi connectivity index (χ3n) is 2.77. The number of hydrogen-bond acceptors (Lipinski definition) is 4. The summed E-state index contributed by atoms with van der Waals surface area (Å²) in [6.07, 6.45) is 4.70. The molecule has 0 bridgehead atoms. The number of carbonyl (C=O) groups excluding carboxylic acids is 1. The van der Waals surface area contributed by atoms with Crippen LogP contribution in [0, 0.1) is 5.41 Å². The minimum Gasteiger partial charge on any atom is -0.351 e. The molecule has 2 rings (SSSR count). The van der Waals surface area contributed by atoms with Gasteiger partial charge in [-0.1, -0.05) is 0 Å². The van der Waals surface area contributed by atoms with Gasteiger partial charge in [0.1, 0.15) is 0 Å². The Morgan fingerprint density at radius 1 is 1.67 bits per heavy atom. The molecule has 1 aliphatic rings. The van der Waals surface area contributed by atoms with Crippen molar-refractivity contribution < 1.29 is 4.79 Å². The lowest BCUT2D eigenvalue weighted by Crippen LogP contribution is -2.25. The second kappa shape index (κ2) is 4.53. The van der Waals surface area contributed by atoms with Crippen LogP contribution >= 0.6 is 24.0 Å². The van der Waals surface area contributed by atoms with E-state index in [4.69, 9.17) is 0 Å². The van der Waals surface area contributed by atoms with Crippen LogP contribution in [0.3, 0.4) is 0 Å². The number of thiol groups is 1. The third-order valence-corrected chi connectivity index (χ3v) is 4.22. The van der Waals surface area contributed by atoms with E-state index in [0.29, 0.717) is 13.0 Å². The quantitative estimate of drug-likeness (QED) is 0.774. The standard InChI is InChI=1S/C10H14N2OS2/c13-9(3-10(6-14)1-2-10)12-5-8-4-11-7-15-8/h4,7,14H,1-3,5-6H2,(H,12,13). The van der Waals surface area contributed by atoms with Crippen molar-refractivity contribution in [1.29, 1.82) is 0 Å². The van der Waals surface area contributed by atoms with Crippen molar-refractivity contribution >= 4 is 29.9 Å². The molecule has 0 radical (unpaired) electrons. The average molecular weight is 242 g/mol. The molecule has 1 aliphatic carbocycles. The maximum absolute atomic E-state index is 11.6. The van der Waals surface area contributed by atoms with Crippen LogP contribution in [0.1, 0.15) is 24.1 Å². The molecule has 1 heterocycles. The van der Waals surface area contributed by atoms with Gasteiger partial charge in [-0.3, -0.25) is 9.78 Å². The number of hydrogen-bond donors (Lipinski definition) is 2. The summed E-state index contributed by atoms with van der Waals surface area (Å²) in [6, 6.07) is 0. The number of carbonyl (C=O) groups is 1. The van der Waals surface area contributed by atoms with Gasteiger partial charge in [-0.2, -0.15) is 12.6 Å². The van der Waals surface area contributed by atoms with E-state index in [2.05, 4.69) is 22.9 Å². The fourth-order valence-corrected chi connectivity index (χ4v) is 2.45. The topological polar surface area (TPSA) is 42.0 Å². The normalized spacial score (nSPS) is 17.4. The summed E-state index contributed by atoms with van der Waals surface area (Å²) in [7, 11) is 0. The molecule has 0 spiro atoms. The van der Waals surface area contributed by atoms with Gasteiger partial charge in [-0.25, -0.2) is 0 Å². The SMILES string of the molecule is O=C(CC1(CS)CC1)NCc1cncs1. The summed E-state index contributed by atoms with van der Waals surface area (Å²) >= 11 is 5.84. The lowest BCUT2D eigenvalue weighted by Gasteiger charge is -2.10. The van der Waals surface area contributed by atoms with Crippen LogP contribution in [-0.2, 0) is 11.3 Å². The second-order valence-electron chi connectivity index (χ2n) is 4.08. The first-order valence-corrected chi connectivity index (χ1v) is 6.50. The predicted octanol–water partition coefficient (Wildman–Crippen LogP) is 1.86. The Bertz CT molecular complexity index is 333. The molecule has 5 heteroatoms. The van der Waals surface area contributed by atoms with Crippen molar-refractivity contribution in [3.05, 3.63) is 16.6 Å². The zero-order valence-electron chi connectivity index (χ0n) is 8.40. The van der Waals surface area contributed by atoms with Gasteiger partial charge in [0.25, 0.3) is 0 Å². The molecule has 0 aliphatic heterocycles. The molecule has 0 aromatic carbocycles. The molecule has 0 saturated heterocycles. The highest BCUT2D eigenvalue weighted by Gasteiger charge is 2.42. The molecule has 1 N–H and O–H groups in total. The van der Waals surface area contributed by atoms with Gasteiger partial charge < -0.3 is 5.32 Å². The maximum Gasteiger partial charge on any atom is 0.220 e. The Balaban J connectivity index is 1.73. The van der Waals surface area contributed by atoms with E-state index in [1.54, 1.807) is 23.0 Å². The van der Waals surface area contributed by atoms with Gasteiger partial charge in [0.05, 0.1) is 12.1 Å². The minimum absolute atomic E-state index is 0.134. The Hall–Kier alpha value is -0.550. The van der Waals surface area contributed by atoms with E-state index in [1.165, 1.54) is 0 Å². The van der Waals surface area contributed by atoms with Crippen molar-refractivity contribution in [3.8, 4) is 0 Å².